The van der Waals surface area contributed by atoms with Crippen LogP contribution in [0.2, 0.25) is 0 Å². The zero-order valence-corrected chi connectivity index (χ0v) is 9.63. The van der Waals surface area contributed by atoms with Crippen molar-refractivity contribution in [3.8, 4) is 12.1 Å². The zero-order valence-electron chi connectivity index (χ0n) is 9.63. The molecule has 0 radical (unpaired) electrons. The second-order valence-corrected chi connectivity index (χ2v) is 4.33. The molecule has 0 saturated carbocycles. The van der Waals surface area contributed by atoms with Crippen LogP contribution in [0.1, 0.15) is 24.1 Å². The first-order chi connectivity index (χ1) is 8.33. The van der Waals surface area contributed by atoms with Crippen molar-refractivity contribution in [1.82, 2.24) is 9.88 Å². The van der Waals surface area contributed by atoms with Gasteiger partial charge in [0.2, 0.25) is 0 Å². The van der Waals surface area contributed by atoms with Gasteiger partial charge in [0.25, 0.3) is 0 Å². The second-order valence-electron chi connectivity index (χ2n) is 4.33. The van der Waals surface area contributed by atoms with Crippen LogP contribution in [0.25, 0.3) is 0 Å². The molecule has 4 nitrogen and oxygen atoms in total. The van der Waals surface area contributed by atoms with Gasteiger partial charge in [-0.3, -0.25) is 4.90 Å². The average molecular weight is 226 g/mol. The summed E-state index contributed by atoms with van der Waals surface area (Å²) in [6, 6.07) is 8.21. The molecule has 1 aromatic heterocycles. The number of hydrogen-bond acceptors (Lipinski definition) is 4. The van der Waals surface area contributed by atoms with Crippen LogP contribution in [0, 0.1) is 28.6 Å². The smallest absolute Gasteiger partial charge is 0.144 e. The van der Waals surface area contributed by atoms with Crippen molar-refractivity contribution in [2.75, 3.05) is 13.1 Å². The largest absolute Gasteiger partial charge is 0.298 e. The van der Waals surface area contributed by atoms with Gasteiger partial charge in [0.15, 0.2) is 0 Å². The lowest BCUT2D eigenvalue weighted by Gasteiger charge is -2.29. The fourth-order valence-electron chi connectivity index (χ4n) is 2.21. The third kappa shape index (κ3) is 2.81. The fourth-order valence-corrected chi connectivity index (χ4v) is 2.21. The lowest BCUT2D eigenvalue weighted by molar-refractivity contribution is 0.192. The molecule has 4 heteroatoms. The number of piperidine rings is 1. The molecule has 0 aliphatic carbocycles. The first-order valence-corrected chi connectivity index (χ1v) is 5.79. The predicted molar refractivity (Wildman–Crippen MR) is 62.6 cm³/mol. The van der Waals surface area contributed by atoms with E-state index in [1.807, 2.05) is 12.1 Å². The van der Waals surface area contributed by atoms with Crippen LogP contribution < -0.4 is 0 Å². The number of rotatable bonds is 2. The van der Waals surface area contributed by atoms with Crippen LogP contribution in [0.5, 0.6) is 0 Å². The fraction of sp³-hybridized carbons (Fsp3) is 0.462. The van der Waals surface area contributed by atoms with Gasteiger partial charge < -0.3 is 0 Å². The highest BCUT2D eigenvalue weighted by Gasteiger charge is 2.20. The molecular formula is C13H14N4. The summed E-state index contributed by atoms with van der Waals surface area (Å²) in [7, 11) is 0. The molecule has 0 N–H and O–H groups in total. The SMILES string of the molecule is N#Cc1ncccc1CN1CCCC(C#N)C1. The van der Waals surface area contributed by atoms with Crippen LogP contribution in [0.4, 0.5) is 0 Å². The summed E-state index contributed by atoms with van der Waals surface area (Å²) in [5, 5.41) is 17.9. The Labute approximate surface area is 101 Å². The lowest BCUT2D eigenvalue weighted by Crippen LogP contribution is -2.34. The third-order valence-corrected chi connectivity index (χ3v) is 3.08. The van der Waals surface area contributed by atoms with Crippen molar-refractivity contribution < 1.29 is 0 Å². The first-order valence-electron chi connectivity index (χ1n) is 5.79. The maximum Gasteiger partial charge on any atom is 0.144 e. The van der Waals surface area contributed by atoms with Crippen molar-refractivity contribution in [3.05, 3.63) is 29.6 Å². The Balaban J connectivity index is 2.06. The minimum Gasteiger partial charge on any atom is -0.298 e. The number of nitriles is 2. The summed E-state index contributed by atoms with van der Waals surface area (Å²) < 4.78 is 0. The molecule has 0 bridgehead atoms. The van der Waals surface area contributed by atoms with Gasteiger partial charge in [-0.15, -0.1) is 0 Å². The minimum absolute atomic E-state index is 0.131. The summed E-state index contributed by atoms with van der Waals surface area (Å²) >= 11 is 0. The van der Waals surface area contributed by atoms with Gasteiger partial charge in [0.05, 0.1) is 12.0 Å². The Kier molecular flexibility index (Phi) is 3.69. The molecule has 1 aliphatic heterocycles. The van der Waals surface area contributed by atoms with Crippen LogP contribution >= 0.6 is 0 Å². The Bertz CT molecular complexity index is 469. The van der Waals surface area contributed by atoms with Gasteiger partial charge in [-0.1, -0.05) is 6.07 Å². The lowest BCUT2D eigenvalue weighted by atomic mass is 9.99. The molecule has 17 heavy (non-hydrogen) atoms. The minimum atomic E-state index is 0.131. The van der Waals surface area contributed by atoms with Gasteiger partial charge in [-0.05, 0) is 25.5 Å². The van der Waals surface area contributed by atoms with Crippen molar-refractivity contribution in [3.63, 3.8) is 0 Å². The summed E-state index contributed by atoms with van der Waals surface area (Å²) in [5.74, 6) is 0.131. The van der Waals surface area contributed by atoms with Crippen LogP contribution in [0.3, 0.4) is 0 Å². The van der Waals surface area contributed by atoms with E-state index < -0.39 is 0 Å². The molecule has 0 aromatic carbocycles. The number of hydrogen-bond donors (Lipinski definition) is 0. The van der Waals surface area contributed by atoms with Crippen molar-refractivity contribution in [1.29, 1.82) is 10.5 Å². The summed E-state index contributed by atoms with van der Waals surface area (Å²) in [6.45, 7) is 2.52. The Morgan fingerprint density at radius 3 is 3.12 bits per heavy atom. The van der Waals surface area contributed by atoms with Crippen LogP contribution in [-0.2, 0) is 6.54 Å². The van der Waals surface area contributed by atoms with Gasteiger partial charge in [-0.2, -0.15) is 10.5 Å². The van der Waals surface area contributed by atoms with Crippen LogP contribution in [-0.4, -0.2) is 23.0 Å². The van der Waals surface area contributed by atoms with E-state index in [-0.39, 0.29) is 5.92 Å². The van der Waals surface area contributed by atoms with E-state index in [4.69, 9.17) is 10.5 Å². The Morgan fingerprint density at radius 1 is 1.47 bits per heavy atom. The quantitative estimate of drug-likeness (QED) is 0.769. The molecule has 1 unspecified atom stereocenters. The van der Waals surface area contributed by atoms with Gasteiger partial charge >= 0.3 is 0 Å². The van der Waals surface area contributed by atoms with Crippen LogP contribution in [0.15, 0.2) is 18.3 Å². The van der Waals surface area contributed by atoms with Gasteiger partial charge in [-0.25, -0.2) is 4.98 Å². The van der Waals surface area contributed by atoms with Crippen molar-refractivity contribution in [2.45, 2.75) is 19.4 Å². The topological polar surface area (TPSA) is 63.7 Å². The predicted octanol–water partition coefficient (Wildman–Crippen LogP) is 1.69. The van der Waals surface area contributed by atoms with Crippen molar-refractivity contribution in [2.24, 2.45) is 5.92 Å². The van der Waals surface area contributed by atoms with E-state index in [1.165, 1.54) is 0 Å². The monoisotopic (exact) mass is 226 g/mol. The summed E-state index contributed by atoms with van der Waals surface area (Å²) in [6.07, 6.45) is 3.68. The molecule has 86 valence electrons. The molecule has 1 aliphatic rings. The molecule has 1 saturated heterocycles. The number of pyridine rings is 1. The molecule has 0 spiro atoms. The molecule has 0 amide bonds. The average Bonchev–Trinajstić information content (AvgIpc) is 2.39. The van der Waals surface area contributed by atoms with E-state index in [2.05, 4.69) is 22.0 Å². The van der Waals surface area contributed by atoms with E-state index in [1.54, 1.807) is 6.20 Å². The zero-order chi connectivity index (χ0) is 12.1. The maximum atomic E-state index is 8.96. The standard InChI is InChI=1S/C13H14N4/c14-7-11-3-2-6-17(9-11)10-12-4-1-5-16-13(12)8-15/h1,4-5,11H,2-3,6,9-10H2. The van der Waals surface area contributed by atoms with Gasteiger partial charge in [0.1, 0.15) is 11.8 Å². The van der Waals surface area contributed by atoms with E-state index in [9.17, 15) is 0 Å². The highest BCUT2D eigenvalue weighted by molar-refractivity contribution is 5.30. The summed E-state index contributed by atoms with van der Waals surface area (Å²) in [5.41, 5.74) is 1.44. The molecule has 1 fully saturated rings. The molecule has 1 atom stereocenters. The normalized spacial score (nSPS) is 20.5. The third-order valence-electron chi connectivity index (χ3n) is 3.08. The summed E-state index contributed by atoms with van der Waals surface area (Å²) in [4.78, 5) is 6.28. The molecule has 1 aromatic rings. The highest BCUT2D eigenvalue weighted by atomic mass is 15.1. The molecule has 2 rings (SSSR count). The molecular weight excluding hydrogens is 212 g/mol. The maximum absolute atomic E-state index is 8.96. The van der Waals surface area contributed by atoms with Crippen molar-refractivity contribution >= 4 is 0 Å². The van der Waals surface area contributed by atoms with E-state index in [0.717, 1.165) is 38.0 Å². The van der Waals surface area contributed by atoms with E-state index >= 15 is 0 Å². The number of nitrogens with zero attached hydrogens (tertiary/aromatic N) is 4. The number of likely N-dealkylation sites (tertiary alicyclic amines) is 1. The van der Waals surface area contributed by atoms with E-state index in [0.29, 0.717) is 5.69 Å². The number of aromatic nitrogens is 1. The Morgan fingerprint density at radius 2 is 2.35 bits per heavy atom. The first kappa shape index (κ1) is 11.6. The van der Waals surface area contributed by atoms with Gasteiger partial charge in [0, 0.05) is 24.8 Å². The second kappa shape index (κ2) is 5.43. The highest BCUT2D eigenvalue weighted by Crippen LogP contribution is 2.18. The Hall–Kier alpha value is -1.91. The molecule has 2 heterocycles.